The number of carboxylic acid groups (broad SMARTS) is 1. The molecule has 2 rings (SSSR count). The van der Waals surface area contributed by atoms with Gasteiger partial charge < -0.3 is 10.4 Å². The van der Waals surface area contributed by atoms with E-state index in [9.17, 15) is 9.59 Å². The molecule has 2 aromatic rings. The molecular formula is C14H13NO3S. The minimum atomic E-state index is -0.999. The Labute approximate surface area is 114 Å². The maximum absolute atomic E-state index is 11.9. The molecule has 0 fully saturated rings. The SMILES string of the molecule is Cc1ccsc1CNC(=O)c1ccc(C(=O)O)cc1. The van der Waals surface area contributed by atoms with Crippen LogP contribution < -0.4 is 5.32 Å². The van der Waals surface area contributed by atoms with Gasteiger partial charge in [0.25, 0.3) is 5.91 Å². The number of amides is 1. The Kier molecular flexibility index (Phi) is 3.97. The van der Waals surface area contributed by atoms with Crippen LogP contribution in [0, 0.1) is 6.92 Å². The van der Waals surface area contributed by atoms with Crippen LogP contribution in [0.3, 0.4) is 0 Å². The Morgan fingerprint density at radius 3 is 2.32 bits per heavy atom. The molecule has 0 bridgehead atoms. The maximum atomic E-state index is 11.9. The van der Waals surface area contributed by atoms with Gasteiger partial charge >= 0.3 is 5.97 Å². The second kappa shape index (κ2) is 5.67. The number of aryl methyl sites for hydroxylation is 1. The summed E-state index contributed by atoms with van der Waals surface area (Å²) in [5.41, 5.74) is 1.79. The van der Waals surface area contributed by atoms with Crippen LogP contribution >= 0.6 is 11.3 Å². The van der Waals surface area contributed by atoms with E-state index in [2.05, 4.69) is 5.32 Å². The molecule has 0 atom stereocenters. The van der Waals surface area contributed by atoms with Crippen molar-refractivity contribution in [2.24, 2.45) is 0 Å². The molecule has 0 saturated heterocycles. The molecule has 0 aliphatic heterocycles. The molecule has 98 valence electrons. The summed E-state index contributed by atoms with van der Waals surface area (Å²) in [6.07, 6.45) is 0. The highest BCUT2D eigenvalue weighted by atomic mass is 32.1. The van der Waals surface area contributed by atoms with Crippen molar-refractivity contribution in [1.82, 2.24) is 5.32 Å². The third-order valence-electron chi connectivity index (χ3n) is 2.77. The highest BCUT2D eigenvalue weighted by Gasteiger charge is 2.08. The third kappa shape index (κ3) is 3.20. The van der Waals surface area contributed by atoms with Gasteiger partial charge in [0.15, 0.2) is 0 Å². The van der Waals surface area contributed by atoms with Crippen molar-refractivity contribution in [2.45, 2.75) is 13.5 Å². The lowest BCUT2D eigenvalue weighted by Gasteiger charge is -2.05. The number of rotatable bonds is 4. The van der Waals surface area contributed by atoms with E-state index in [1.54, 1.807) is 11.3 Å². The number of aromatic carboxylic acids is 1. The number of hydrogen-bond donors (Lipinski definition) is 2. The molecule has 5 heteroatoms. The van der Waals surface area contributed by atoms with Gasteiger partial charge in [-0.3, -0.25) is 4.79 Å². The summed E-state index contributed by atoms with van der Waals surface area (Å²) in [6, 6.07) is 7.88. The summed E-state index contributed by atoms with van der Waals surface area (Å²) in [5.74, 6) is -1.20. The fraction of sp³-hybridized carbons (Fsp3) is 0.143. The first-order valence-electron chi connectivity index (χ1n) is 5.72. The van der Waals surface area contributed by atoms with Gasteiger partial charge in [-0.1, -0.05) is 0 Å². The zero-order valence-corrected chi connectivity index (χ0v) is 11.2. The predicted molar refractivity (Wildman–Crippen MR) is 73.6 cm³/mol. The van der Waals surface area contributed by atoms with Crippen LogP contribution in [0.25, 0.3) is 0 Å². The highest BCUT2D eigenvalue weighted by molar-refractivity contribution is 7.10. The van der Waals surface area contributed by atoms with Gasteiger partial charge in [-0.05, 0) is 48.2 Å². The fourth-order valence-corrected chi connectivity index (χ4v) is 2.46. The number of thiophene rings is 1. The first kappa shape index (κ1) is 13.3. The molecule has 0 aliphatic carbocycles. The van der Waals surface area contributed by atoms with Crippen molar-refractivity contribution < 1.29 is 14.7 Å². The van der Waals surface area contributed by atoms with E-state index in [0.717, 1.165) is 10.4 Å². The molecule has 1 aromatic heterocycles. The van der Waals surface area contributed by atoms with Crippen molar-refractivity contribution in [3.63, 3.8) is 0 Å². The molecule has 1 heterocycles. The van der Waals surface area contributed by atoms with Crippen molar-refractivity contribution in [2.75, 3.05) is 0 Å². The van der Waals surface area contributed by atoms with E-state index in [0.29, 0.717) is 12.1 Å². The molecular weight excluding hydrogens is 262 g/mol. The minimum absolute atomic E-state index is 0.172. The number of hydrogen-bond acceptors (Lipinski definition) is 3. The van der Waals surface area contributed by atoms with E-state index in [-0.39, 0.29) is 11.5 Å². The third-order valence-corrected chi connectivity index (χ3v) is 3.79. The molecule has 1 amide bonds. The topological polar surface area (TPSA) is 66.4 Å². The summed E-state index contributed by atoms with van der Waals surface area (Å²) in [7, 11) is 0. The minimum Gasteiger partial charge on any atom is -0.478 e. The van der Waals surface area contributed by atoms with E-state index in [4.69, 9.17) is 5.11 Å². The van der Waals surface area contributed by atoms with Crippen LogP contribution in [0.2, 0.25) is 0 Å². The summed E-state index contributed by atoms with van der Waals surface area (Å²) in [5, 5.41) is 13.6. The van der Waals surface area contributed by atoms with Crippen molar-refractivity contribution in [3.05, 3.63) is 57.3 Å². The summed E-state index contributed by atoms with van der Waals surface area (Å²) >= 11 is 1.60. The standard InChI is InChI=1S/C14H13NO3S/c1-9-6-7-19-12(9)8-15-13(16)10-2-4-11(5-3-10)14(17)18/h2-7H,8H2,1H3,(H,15,16)(H,17,18). The Hall–Kier alpha value is -2.14. The van der Waals surface area contributed by atoms with Gasteiger partial charge in [0.1, 0.15) is 0 Å². The van der Waals surface area contributed by atoms with E-state index >= 15 is 0 Å². The number of carbonyl (C=O) groups excluding carboxylic acids is 1. The Bertz CT molecular complexity index is 601. The normalized spacial score (nSPS) is 10.2. The maximum Gasteiger partial charge on any atom is 0.335 e. The lowest BCUT2D eigenvalue weighted by Crippen LogP contribution is -2.22. The van der Waals surface area contributed by atoms with Crippen molar-refractivity contribution in [1.29, 1.82) is 0 Å². The second-order valence-corrected chi connectivity index (χ2v) is 5.09. The van der Waals surface area contributed by atoms with Gasteiger partial charge in [0.2, 0.25) is 0 Å². The van der Waals surface area contributed by atoms with E-state index in [1.165, 1.54) is 24.3 Å². The molecule has 0 aliphatic rings. The Morgan fingerprint density at radius 2 is 1.79 bits per heavy atom. The molecule has 1 aromatic carbocycles. The first-order chi connectivity index (χ1) is 9.08. The smallest absolute Gasteiger partial charge is 0.335 e. The fourth-order valence-electron chi connectivity index (χ4n) is 1.61. The molecule has 2 N–H and O–H groups in total. The highest BCUT2D eigenvalue weighted by Crippen LogP contribution is 2.15. The zero-order chi connectivity index (χ0) is 13.8. The summed E-state index contributed by atoms with van der Waals surface area (Å²) in [4.78, 5) is 23.7. The van der Waals surface area contributed by atoms with E-state index in [1.807, 2.05) is 18.4 Å². The first-order valence-corrected chi connectivity index (χ1v) is 6.60. The molecule has 0 spiro atoms. The average molecular weight is 275 g/mol. The zero-order valence-electron chi connectivity index (χ0n) is 10.3. The molecule has 4 nitrogen and oxygen atoms in total. The second-order valence-electron chi connectivity index (χ2n) is 4.09. The summed E-state index contributed by atoms with van der Waals surface area (Å²) in [6.45, 7) is 2.49. The van der Waals surface area contributed by atoms with Gasteiger partial charge in [-0.15, -0.1) is 11.3 Å². The Balaban J connectivity index is 2.00. The van der Waals surface area contributed by atoms with Gasteiger partial charge in [0, 0.05) is 10.4 Å². The Morgan fingerprint density at radius 1 is 1.16 bits per heavy atom. The van der Waals surface area contributed by atoms with Crippen molar-refractivity contribution in [3.8, 4) is 0 Å². The van der Waals surface area contributed by atoms with Gasteiger partial charge in [0.05, 0.1) is 12.1 Å². The van der Waals surface area contributed by atoms with Crippen LogP contribution in [0.5, 0.6) is 0 Å². The van der Waals surface area contributed by atoms with Gasteiger partial charge in [-0.25, -0.2) is 4.79 Å². The van der Waals surface area contributed by atoms with Crippen LogP contribution in [0.4, 0.5) is 0 Å². The quantitative estimate of drug-likeness (QED) is 0.901. The largest absolute Gasteiger partial charge is 0.478 e. The van der Waals surface area contributed by atoms with E-state index < -0.39 is 5.97 Å². The van der Waals surface area contributed by atoms with Crippen LogP contribution in [0.15, 0.2) is 35.7 Å². The molecule has 0 saturated carbocycles. The van der Waals surface area contributed by atoms with Crippen molar-refractivity contribution >= 4 is 23.2 Å². The van der Waals surface area contributed by atoms with Gasteiger partial charge in [-0.2, -0.15) is 0 Å². The lowest BCUT2D eigenvalue weighted by molar-refractivity contribution is 0.0696. The average Bonchev–Trinajstić information content (AvgIpc) is 2.81. The van der Waals surface area contributed by atoms with Crippen LogP contribution in [-0.2, 0) is 6.54 Å². The monoisotopic (exact) mass is 275 g/mol. The predicted octanol–water partition coefficient (Wildman–Crippen LogP) is 2.68. The number of nitrogens with one attached hydrogen (secondary N) is 1. The summed E-state index contributed by atoms with van der Waals surface area (Å²) < 4.78 is 0. The van der Waals surface area contributed by atoms with Crippen LogP contribution in [-0.4, -0.2) is 17.0 Å². The van der Waals surface area contributed by atoms with Crippen LogP contribution in [0.1, 0.15) is 31.2 Å². The number of benzene rings is 1. The number of carboxylic acids is 1. The lowest BCUT2D eigenvalue weighted by atomic mass is 10.1. The number of carbonyl (C=O) groups is 2. The molecule has 19 heavy (non-hydrogen) atoms. The molecule has 0 radical (unpaired) electrons. The molecule has 0 unspecified atom stereocenters.